The first-order valence-electron chi connectivity index (χ1n) is 5.53. The van der Waals surface area contributed by atoms with Gasteiger partial charge < -0.3 is 10.6 Å². The summed E-state index contributed by atoms with van der Waals surface area (Å²) in [6, 6.07) is 1.98. The molecule has 0 spiro atoms. The van der Waals surface area contributed by atoms with E-state index >= 15 is 0 Å². The normalized spacial score (nSPS) is 10.5. The fourth-order valence-electron chi connectivity index (χ4n) is 1.55. The fourth-order valence-corrected chi connectivity index (χ4v) is 2.18. The predicted octanol–water partition coefficient (Wildman–Crippen LogP) is 2.03. The topological polar surface area (TPSA) is 67.9 Å². The van der Waals surface area contributed by atoms with Crippen molar-refractivity contribution >= 4 is 23.2 Å². The zero-order chi connectivity index (χ0) is 12.3. The largest absolute Gasteiger partial charge is 0.368 e. The lowest BCUT2D eigenvalue weighted by molar-refractivity contribution is 0.816. The lowest BCUT2D eigenvalue weighted by Gasteiger charge is -2.18. The van der Waals surface area contributed by atoms with Crippen molar-refractivity contribution in [3.8, 4) is 11.4 Å². The van der Waals surface area contributed by atoms with Crippen LogP contribution in [0.5, 0.6) is 0 Å². The smallest absolute Gasteiger partial charge is 0.230 e. The van der Waals surface area contributed by atoms with Gasteiger partial charge in [-0.25, -0.2) is 0 Å². The van der Waals surface area contributed by atoms with Crippen molar-refractivity contribution in [2.45, 2.75) is 13.8 Å². The number of rotatable bonds is 4. The molecule has 0 saturated carbocycles. The molecule has 0 aliphatic rings. The molecule has 0 amide bonds. The quantitative estimate of drug-likeness (QED) is 0.898. The molecule has 0 atom stereocenters. The number of nitrogen functional groups attached to an aromatic ring is 1. The maximum Gasteiger partial charge on any atom is 0.230 e. The van der Waals surface area contributed by atoms with Crippen molar-refractivity contribution in [3.05, 3.63) is 16.8 Å². The van der Waals surface area contributed by atoms with Crippen molar-refractivity contribution in [2.24, 2.45) is 0 Å². The molecule has 0 aliphatic carbocycles. The highest BCUT2D eigenvalue weighted by Crippen LogP contribution is 2.20. The Hall–Kier alpha value is -1.69. The van der Waals surface area contributed by atoms with Crippen LogP contribution in [0.3, 0.4) is 0 Å². The van der Waals surface area contributed by atoms with Gasteiger partial charge in [0.25, 0.3) is 0 Å². The molecule has 0 aliphatic heterocycles. The molecule has 0 fully saturated rings. The van der Waals surface area contributed by atoms with E-state index in [2.05, 4.69) is 28.8 Å². The number of nitrogens with zero attached hydrogens (tertiary/aromatic N) is 4. The molecule has 0 saturated heterocycles. The second-order valence-corrected chi connectivity index (χ2v) is 4.28. The van der Waals surface area contributed by atoms with E-state index in [0.717, 1.165) is 18.7 Å². The van der Waals surface area contributed by atoms with E-state index in [-0.39, 0.29) is 5.95 Å². The summed E-state index contributed by atoms with van der Waals surface area (Å²) in [4.78, 5) is 14.8. The van der Waals surface area contributed by atoms with Crippen LogP contribution in [0.1, 0.15) is 13.8 Å². The summed E-state index contributed by atoms with van der Waals surface area (Å²) >= 11 is 1.61. The van der Waals surface area contributed by atoms with Gasteiger partial charge in [0.05, 0.1) is 0 Å². The van der Waals surface area contributed by atoms with E-state index < -0.39 is 0 Å². The van der Waals surface area contributed by atoms with Crippen LogP contribution in [0.25, 0.3) is 11.4 Å². The van der Waals surface area contributed by atoms with Gasteiger partial charge in [0.2, 0.25) is 11.9 Å². The first-order chi connectivity index (χ1) is 8.24. The zero-order valence-electron chi connectivity index (χ0n) is 9.92. The Kier molecular flexibility index (Phi) is 3.53. The molecule has 2 heterocycles. The van der Waals surface area contributed by atoms with Crippen molar-refractivity contribution < 1.29 is 0 Å². The van der Waals surface area contributed by atoms with E-state index in [1.807, 2.05) is 21.7 Å². The molecule has 17 heavy (non-hydrogen) atoms. The van der Waals surface area contributed by atoms with Crippen molar-refractivity contribution in [1.82, 2.24) is 15.0 Å². The highest BCUT2D eigenvalue weighted by atomic mass is 32.1. The van der Waals surface area contributed by atoms with Crippen LogP contribution in [0, 0.1) is 0 Å². The molecule has 2 aromatic rings. The lowest BCUT2D eigenvalue weighted by Crippen LogP contribution is -2.25. The third kappa shape index (κ3) is 2.52. The van der Waals surface area contributed by atoms with Crippen LogP contribution in [0.2, 0.25) is 0 Å². The summed E-state index contributed by atoms with van der Waals surface area (Å²) in [5.74, 6) is 1.55. The Morgan fingerprint density at radius 2 is 2.00 bits per heavy atom. The molecular formula is C11H15N5S. The van der Waals surface area contributed by atoms with Crippen LogP contribution in [0.15, 0.2) is 16.8 Å². The summed E-state index contributed by atoms with van der Waals surface area (Å²) in [6.45, 7) is 5.83. The van der Waals surface area contributed by atoms with Crippen LogP contribution in [0.4, 0.5) is 11.9 Å². The monoisotopic (exact) mass is 249 g/mol. The second-order valence-electron chi connectivity index (χ2n) is 3.50. The number of hydrogen-bond acceptors (Lipinski definition) is 6. The van der Waals surface area contributed by atoms with Crippen molar-refractivity contribution in [1.29, 1.82) is 0 Å². The Morgan fingerprint density at radius 3 is 2.59 bits per heavy atom. The van der Waals surface area contributed by atoms with Crippen LogP contribution >= 0.6 is 11.3 Å². The van der Waals surface area contributed by atoms with Gasteiger partial charge in [-0.2, -0.15) is 26.3 Å². The molecular weight excluding hydrogens is 234 g/mol. The minimum atomic E-state index is 0.267. The molecule has 5 nitrogen and oxygen atoms in total. The van der Waals surface area contributed by atoms with Crippen LogP contribution in [-0.2, 0) is 0 Å². The molecule has 2 rings (SSSR count). The van der Waals surface area contributed by atoms with E-state index in [4.69, 9.17) is 5.73 Å². The maximum atomic E-state index is 5.73. The predicted molar refractivity (Wildman–Crippen MR) is 71.1 cm³/mol. The average Bonchev–Trinajstić information content (AvgIpc) is 2.83. The number of thiophene rings is 1. The minimum Gasteiger partial charge on any atom is -0.368 e. The molecule has 2 aromatic heterocycles. The third-order valence-corrected chi connectivity index (χ3v) is 3.15. The number of nitrogens with two attached hydrogens (primary N) is 1. The highest BCUT2D eigenvalue weighted by Gasteiger charge is 2.10. The first kappa shape index (κ1) is 11.8. The Balaban J connectivity index is 2.42. The van der Waals surface area contributed by atoms with E-state index in [0.29, 0.717) is 11.8 Å². The van der Waals surface area contributed by atoms with Gasteiger partial charge in [0.1, 0.15) is 0 Å². The maximum absolute atomic E-state index is 5.73. The van der Waals surface area contributed by atoms with Gasteiger partial charge in [-0.3, -0.25) is 0 Å². The van der Waals surface area contributed by atoms with Gasteiger partial charge in [-0.1, -0.05) is 0 Å². The molecule has 0 aromatic carbocycles. The average molecular weight is 249 g/mol. The summed E-state index contributed by atoms with van der Waals surface area (Å²) in [5.41, 5.74) is 6.71. The van der Waals surface area contributed by atoms with Gasteiger partial charge >= 0.3 is 0 Å². The fraction of sp³-hybridized carbons (Fsp3) is 0.364. The minimum absolute atomic E-state index is 0.267. The van der Waals surface area contributed by atoms with E-state index in [9.17, 15) is 0 Å². The summed E-state index contributed by atoms with van der Waals surface area (Å²) in [7, 11) is 0. The lowest BCUT2D eigenvalue weighted by atomic mass is 10.3. The van der Waals surface area contributed by atoms with Gasteiger partial charge in [0.15, 0.2) is 5.82 Å². The Bertz CT molecular complexity index is 479. The van der Waals surface area contributed by atoms with Crippen molar-refractivity contribution in [3.63, 3.8) is 0 Å². The molecule has 6 heteroatoms. The van der Waals surface area contributed by atoms with Gasteiger partial charge in [-0.15, -0.1) is 0 Å². The summed E-state index contributed by atoms with van der Waals surface area (Å²) in [6.07, 6.45) is 0. The summed E-state index contributed by atoms with van der Waals surface area (Å²) in [5, 5.41) is 3.99. The van der Waals surface area contributed by atoms with Gasteiger partial charge in [0, 0.05) is 24.0 Å². The van der Waals surface area contributed by atoms with E-state index in [1.54, 1.807) is 11.3 Å². The number of anilines is 2. The zero-order valence-corrected chi connectivity index (χ0v) is 10.7. The van der Waals surface area contributed by atoms with Gasteiger partial charge in [-0.05, 0) is 25.3 Å². The molecule has 2 N–H and O–H groups in total. The van der Waals surface area contributed by atoms with Crippen molar-refractivity contribution in [2.75, 3.05) is 23.7 Å². The van der Waals surface area contributed by atoms with Crippen LogP contribution in [-0.4, -0.2) is 28.0 Å². The SMILES string of the molecule is CCN(CC)c1nc(N)nc(-c2ccsc2)n1. The standard InChI is InChI=1S/C11H15N5S/c1-3-16(4-2)11-14-9(13-10(12)15-11)8-5-6-17-7-8/h5-7H,3-4H2,1-2H3,(H2,12,13,14,15). The number of hydrogen-bond donors (Lipinski definition) is 1. The number of aromatic nitrogens is 3. The highest BCUT2D eigenvalue weighted by molar-refractivity contribution is 7.08. The molecule has 0 unspecified atom stereocenters. The molecule has 90 valence electrons. The third-order valence-electron chi connectivity index (χ3n) is 2.47. The van der Waals surface area contributed by atoms with Crippen LogP contribution < -0.4 is 10.6 Å². The molecule has 0 bridgehead atoms. The summed E-state index contributed by atoms with van der Waals surface area (Å²) < 4.78 is 0. The Morgan fingerprint density at radius 1 is 1.24 bits per heavy atom. The first-order valence-corrected chi connectivity index (χ1v) is 6.48. The Labute approximate surface area is 104 Å². The molecule has 0 radical (unpaired) electrons. The second kappa shape index (κ2) is 5.09. The van der Waals surface area contributed by atoms with E-state index in [1.165, 1.54) is 0 Å².